The van der Waals surface area contributed by atoms with Crippen molar-refractivity contribution in [2.75, 3.05) is 13.2 Å². The highest BCUT2D eigenvalue weighted by Crippen LogP contribution is 2.26. The molecule has 6 atom stereocenters. The Bertz CT molecular complexity index is 1890. The third-order valence-electron chi connectivity index (χ3n) is 11.9. The molecule has 12 nitrogen and oxygen atoms in total. The molecule has 0 aliphatic carbocycles. The normalized spacial score (nSPS) is 19.1. The van der Waals surface area contributed by atoms with Crippen LogP contribution in [-0.2, 0) is 42.9 Å². The molecule has 0 aromatic heterocycles. The molecule has 1 aliphatic rings. The second kappa shape index (κ2) is 51.4. The summed E-state index contributed by atoms with van der Waals surface area (Å²) in [5.41, 5.74) is 0. The van der Waals surface area contributed by atoms with Gasteiger partial charge in [0.05, 0.1) is 6.61 Å². The molecule has 0 aromatic rings. The molecule has 77 heavy (non-hydrogen) atoms. The van der Waals surface area contributed by atoms with Crippen LogP contribution in [-0.4, -0.2) is 89.2 Å². The first-order valence-electron chi connectivity index (χ1n) is 28.8. The van der Waals surface area contributed by atoms with E-state index < -0.39 is 67.3 Å². The molecule has 0 aromatic carbocycles. The van der Waals surface area contributed by atoms with Gasteiger partial charge in [0.2, 0.25) is 0 Å². The summed E-state index contributed by atoms with van der Waals surface area (Å²) in [6, 6.07) is 0. The molecule has 6 unspecified atom stereocenters. The Morgan fingerprint density at radius 3 is 1.35 bits per heavy atom. The Labute approximate surface area is 463 Å². The molecule has 0 bridgehead atoms. The number of ether oxygens (including phenoxy) is 5. The van der Waals surface area contributed by atoms with Crippen LogP contribution in [0.15, 0.2) is 146 Å². The summed E-state index contributed by atoms with van der Waals surface area (Å²) in [6.45, 7) is 5.57. The molecule has 3 N–H and O–H groups in total. The van der Waals surface area contributed by atoms with Crippen LogP contribution < -0.4 is 0 Å². The average Bonchev–Trinajstić information content (AvgIpc) is 3.42. The summed E-state index contributed by atoms with van der Waals surface area (Å²) in [5, 5.41) is 31.4. The third-order valence-corrected chi connectivity index (χ3v) is 11.9. The first-order valence-corrected chi connectivity index (χ1v) is 28.8. The number of allylic oxidation sites excluding steroid dienone is 24. The van der Waals surface area contributed by atoms with Crippen molar-refractivity contribution < 1.29 is 58.2 Å². The van der Waals surface area contributed by atoms with Gasteiger partial charge in [-0.25, -0.2) is 4.79 Å². The van der Waals surface area contributed by atoms with Crippen LogP contribution in [0.5, 0.6) is 0 Å². The Morgan fingerprint density at radius 1 is 0.442 bits per heavy atom. The van der Waals surface area contributed by atoms with Crippen LogP contribution in [0, 0.1) is 0 Å². The van der Waals surface area contributed by atoms with Gasteiger partial charge >= 0.3 is 23.9 Å². The molecule has 0 spiro atoms. The second-order valence-corrected chi connectivity index (χ2v) is 18.8. The molecule has 1 heterocycles. The smallest absolute Gasteiger partial charge is 0.335 e. The predicted octanol–water partition coefficient (Wildman–Crippen LogP) is 14.8. The maximum atomic E-state index is 13.1. The summed E-state index contributed by atoms with van der Waals surface area (Å²) >= 11 is 0. The van der Waals surface area contributed by atoms with Crippen LogP contribution >= 0.6 is 0 Å². The number of hydrogen-bond donors (Lipinski definition) is 3. The zero-order chi connectivity index (χ0) is 56.1. The number of carboxylic acids is 1. The first kappa shape index (κ1) is 69.6. The van der Waals surface area contributed by atoms with E-state index in [9.17, 15) is 34.5 Å². The summed E-state index contributed by atoms with van der Waals surface area (Å²) in [6.07, 6.45) is 61.3. The molecule has 0 saturated carbocycles. The minimum atomic E-state index is -1.93. The van der Waals surface area contributed by atoms with Gasteiger partial charge < -0.3 is 39.0 Å². The van der Waals surface area contributed by atoms with E-state index in [1.54, 1.807) is 0 Å². The van der Waals surface area contributed by atoms with Gasteiger partial charge in [0.1, 0.15) is 18.8 Å². The number of hydrogen-bond acceptors (Lipinski definition) is 11. The lowest BCUT2D eigenvalue weighted by molar-refractivity contribution is -0.301. The summed E-state index contributed by atoms with van der Waals surface area (Å²) in [4.78, 5) is 51.0. The van der Waals surface area contributed by atoms with Gasteiger partial charge in [-0.1, -0.05) is 199 Å². The van der Waals surface area contributed by atoms with Gasteiger partial charge in [-0.2, -0.15) is 0 Å². The minimum absolute atomic E-state index is 0.0275. The molecular weight excluding hydrogens is 973 g/mol. The maximum Gasteiger partial charge on any atom is 0.335 e. The van der Waals surface area contributed by atoms with E-state index in [1.165, 1.54) is 12.8 Å². The van der Waals surface area contributed by atoms with Crippen molar-refractivity contribution in [2.45, 2.75) is 225 Å². The van der Waals surface area contributed by atoms with Gasteiger partial charge in [0.25, 0.3) is 0 Å². The number of carbonyl (C=O) groups excluding carboxylic acids is 3. The molecule has 1 aliphatic heterocycles. The molecular formula is C65H98O12. The number of aliphatic hydroxyl groups excluding tert-OH is 2. The Morgan fingerprint density at radius 2 is 0.857 bits per heavy atom. The maximum absolute atomic E-state index is 13.1. The average molecular weight is 1070 g/mol. The lowest BCUT2D eigenvalue weighted by Gasteiger charge is -2.40. The van der Waals surface area contributed by atoms with Crippen molar-refractivity contribution in [2.24, 2.45) is 0 Å². The van der Waals surface area contributed by atoms with Gasteiger partial charge in [0, 0.05) is 19.3 Å². The largest absolute Gasteiger partial charge is 0.479 e. The first-order chi connectivity index (χ1) is 37.6. The molecule has 430 valence electrons. The van der Waals surface area contributed by atoms with Gasteiger partial charge in [-0.05, 0) is 116 Å². The highest BCUT2D eigenvalue weighted by Gasteiger charge is 2.50. The predicted molar refractivity (Wildman–Crippen MR) is 312 cm³/mol. The molecule has 1 rings (SSSR count). The highest BCUT2D eigenvalue weighted by atomic mass is 16.7. The number of rotatable bonds is 46. The Hall–Kier alpha value is -5.40. The zero-order valence-electron chi connectivity index (χ0n) is 47.1. The van der Waals surface area contributed by atoms with E-state index in [-0.39, 0.29) is 25.9 Å². The number of carbonyl (C=O) groups is 4. The number of aliphatic hydroxyl groups is 2. The number of aliphatic carboxylic acids is 1. The summed E-state index contributed by atoms with van der Waals surface area (Å²) < 4.78 is 28.2. The highest BCUT2D eigenvalue weighted by molar-refractivity contribution is 5.74. The van der Waals surface area contributed by atoms with Gasteiger partial charge in [0.15, 0.2) is 24.6 Å². The second-order valence-electron chi connectivity index (χ2n) is 18.8. The SMILES string of the molecule is CC/C=C\C/C=C\C/C=C\C/C=C\C/C=C\C/C=C\CCC(=O)OCC(COC1OC(C(=O)O)C(O)C(O)C1OC(=O)CCCCCCC/C=C\CCCC)OC(=O)CCC/C=C\C/C=C\C/C=C\C/C=C\C/C=C\CC. The van der Waals surface area contributed by atoms with E-state index in [1.807, 2.05) is 24.3 Å². The molecule has 0 amide bonds. The molecule has 1 saturated heterocycles. The van der Waals surface area contributed by atoms with Crippen LogP contribution in [0.4, 0.5) is 0 Å². The number of esters is 3. The van der Waals surface area contributed by atoms with E-state index in [4.69, 9.17) is 23.7 Å². The number of carboxylic acid groups (broad SMARTS) is 1. The van der Waals surface area contributed by atoms with E-state index in [2.05, 4.69) is 142 Å². The zero-order valence-corrected chi connectivity index (χ0v) is 47.1. The van der Waals surface area contributed by atoms with Crippen LogP contribution in [0.2, 0.25) is 0 Å². The molecule has 0 radical (unpaired) electrons. The Balaban J connectivity index is 2.80. The third kappa shape index (κ3) is 41.4. The fourth-order valence-corrected chi connectivity index (χ4v) is 7.53. The van der Waals surface area contributed by atoms with Crippen molar-refractivity contribution >= 4 is 23.9 Å². The minimum Gasteiger partial charge on any atom is -0.479 e. The van der Waals surface area contributed by atoms with Crippen molar-refractivity contribution in [3.8, 4) is 0 Å². The van der Waals surface area contributed by atoms with Crippen molar-refractivity contribution in [1.29, 1.82) is 0 Å². The Kier molecular flexibility index (Phi) is 46.4. The molecule has 12 heteroatoms. The van der Waals surface area contributed by atoms with Crippen molar-refractivity contribution in [3.05, 3.63) is 146 Å². The number of unbranched alkanes of at least 4 members (excludes halogenated alkanes) is 8. The fourth-order valence-electron chi connectivity index (χ4n) is 7.53. The summed E-state index contributed by atoms with van der Waals surface area (Å²) in [5.74, 6) is -3.35. The van der Waals surface area contributed by atoms with E-state index in [0.29, 0.717) is 32.1 Å². The van der Waals surface area contributed by atoms with Gasteiger partial charge in [-0.3, -0.25) is 14.4 Å². The van der Waals surface area contributed by atoms with E-state index >= 15 is 0 Å². The van der Waals surface area contributed by atoms with Crippen LogP contribution in [0.25, 0.3) is 0 Å². The topological polar surface area (TPSA) is 175 Å². The molecule has 1 fully saturated rings. The quantitative estimate of drug-likeness (QED) is 0.0228. The summed E-state index contributed by atoms with van der Waals surface area (Å²) in [7, 11) is 0. The van der Waals surface area contributed by atoms with E-state index in [0.717, 1.165) is 103 Å². The monoisotopic (exact) mass is 1070 g/mol. The standard InChI is InChI=1S/C65H98O12/c1-4-7-10-13-16-19-22-24-26-28-29-31-32-34-37-39-42-45-48-51-57(66)73-54-56(75-58(67)52-49-46-43-41-38-35-33-30-27-25-23-20-17-14-11-8-5-2)55-74-65-63(61(70)60(69)62(77-65)64(71)72)76-59(68)53-50-47-44-40-36-21-18-15-12-9-6-3/h7-8,10-11,15-20,24-27,29,31,33-35,37,41-43,45,56,60-63,65,69-70H,4-6,9,12-14,21-23,28,30,32,36,38-40,44,46-55H2,1-3H3,(H,71,72)/b10-7-,11-8-,18-15-,19-16-,20-17-,26-24-,27-25-,31-29-,35-33-,37-34-,43-41-,45-42-. The van der Waals surface area contributed by atoms with Crippen LogP contribution in [0.3, 0.4) is 0 Å². The lowest BCUT2D eigenvalue weighted by Crippen LogP contribution is -2.61. The van der Waals surface area contributed by atoms with Crippen molar-refractivity contribution in [1.82, 2.24) is 0 Å². The lowest BCUT2D eigenvalue weighted by atomic mass is 9.98. The van der Waals surface area contributed by atoms with Crippen LogP contribution in [0.1, 0.15) is 188 Å². The fraction of sp³-hybridized carbons (Fsp3) is 0.569. The van der Waals surface area contributed by atoms with Crippen molar-refractivity contribution in [3.63, 3.8) is 0 Å². The van der Waals surface area contributed by atoms with Gasteiger partial charge in [-0.15, -0.1) is 0 Å².